The maximum absolute atomic E-state index is 13.2. The summed E-state index contributed by atoms with van der Waals surface area (Å²) in [5.74, 6) is -0.494. The van der Waals surface area contributed by atoms with Gasteiger partial charge in [-0.15, -0.1) is 0 Å². The average Bonchev–Trinajstić information content (AvgIpc) is 2.26. The van der Waals surface area contributed by atoms with E-state index in [0.29, 0.717) is 6.54 Å². The fourth-order valence-corrected chi connectivity index (χ4v) is 1.89. The fourth-order valence-electron chi connectivity index (χ4n) is 1.89. The first kappa shape index (κ1) is 12.6. The minimum atomic E-state index is -0.256. The van der Waals surface area contributed by atoms with Gasteiger partial charge in [0, 0.05) is 12.2 Å². The molecule has 18 heavy (non-hydrogen) atoms. The highest BCUT2D eigenvalue weighted by molar-refractivity contribution is 5.47. The van der Waals surface area contributed by atoms with Crippen LogP contribution in [0.4, 0.5) is 14.5 Å². The molecule has 2 rings (SSSR count). The summed E-state index contributed by atoms with van der Waals surface area (Å²) in [6.45, 7) is 4.25. The topological polar surface area (TPSA) is 12.0 Å². The van der Waals surface area contributed by atoms with E-state index in [-0.39, 0.29) is 11.6 Å². The van der Waals surface area contributed by atoms with E-state index in [2.05, 4.69) is 5.32 Å². The molecule has 0 amide bonds. The third kappa shape index (κ3) is 3.06. The summed E-state index contributed by atoms with van der Waals surface area (Å²) in [5.41, 5.74) is 3.48. The molecule has 0 aliphatic rings. The van der Waals surface area contributed by atoms with Crippen molar-refractivity contribution in [1.82, 2.24) is 0 Å². The van der Waals surface area contributed by atoms with Crippen LogP contribution in [0.3, 0.4) is 0 Å². The van der Waals surface area contributed by atoms with Crippen LogP contribution in [-0.2, 0) is 6.54 Å². The molecule has 0 spiro atoms. The first-order valence-corrected chi connectivity index (χ1v) is 5.81. The molecule has 0 aliphatic carbocycles. The highest BCUT2D eigenvalue weighted by Crippen LogP contribution is 2.16. The zero-order valence-electron chi connectivity index (χ0n) is 10.4. The summed E-state index contributed by atoms with van der Waals surface area (Å²) < 4.78 is 26.1. The summed E-state index contributed by atoms with van der Waals surface area (Å²) in [5, 5.41) is 3.14. The van der Waals surface area contributed by atoms with E-state index in [0.717, 1.165) is 22.4 Å². The minimum Gasteiger partial charge on any atom is -0.381 e. The number of nitrogens with one attached hydrogen (secondary N) is 1. The summed E-state index contributed by atoms with van der Waals surface area (Å²) in [6, 6.07) is 9.47. The van der Waals surface area contributed by atoms with Gasteiger partial charge in [-0.2, -0.15) is 0 Å². The van der Waals surface area contributed by atoms with Crippen molar-refractivity contribution in [2.24, 2.45) is 0 Å². The molecule has 1 nitrogen and oxygen atoms in total. The molecule has 3 heteroatoms. The van der Waals surface area contributed by atoms with E-state index in [9.17, 15) is 8.78 Å². The van der Waals surface area contributed by atoms with Gasteiger partial charge in [0.05, 0.1) is 0 Å². The van der Waals surface area contributed by atoms with Crippen molar-refractivity contribution in [3.63, 3.8) is 0 Å². The first-order valence-electron chi connectivity index (χ1n) is 5.81. The molecule has 1 N–H and O–H groups in total. The van der Waals surface area contributed by atoms with Crippen LogP contribution in [0.5, 0.6) is 0 Å². The van der Waals surface area contributed by atoms with Gasteiger partial charge in [-0.1, -0.05) is 6.07 Å². The van der Waals surface area contributed by atoms with E-state index in [1.54, 1.807) is 6.07 Å². The second-order valence-electron chi connectivity index (χ2n) is 4.44. The lowest BCUT2D eigenvalue weighted by Crippen LogP contribution is -2.02. The molecule has 0 atom stereocenters. The van der Waals surface area contributed by atoms with Gasteiger partial charge >= 0.3 is 0 Å². The van der Waals surface area contributed by atoms with Crippen molar-refractivity contribution < 1.29 is 8.78 Å². The summed E-state index contributed by atoms with van der Waals surface area (Å²) in [6.07, 6.45) is 0. The number of hydrogen-bond acceptors (Lipinski definition) is 1. The smallest absolute Gasteiger partial charge is 0.125 e. The number of hydrogen-bond donors (Lipinski definition) is 1. The van der Waals surface area contributed by atoms with Crippen LogP contribution in [-0.4, -0.2) is 0 Å². The quantitative estimate of drug-likeness (QED) is 0.857. The predicted octanol–water partition coefficient (Wildman–Crippen LogP) is 4.19. The molecule has 0 aliphatic heterocycles. The zero-order chi connectivity index (χ0) is 13.1. The van der Waals surface area contributed by atoms with Gasteiger partial charge < -0.3 is 5.32 Å². The monoisotopic (exact) mass is 247 g/mol. The molecule has 2 aromatic carbocycles. The third-order valence-corrected chi connectivity index (χ3v) is 2.83. The molecule has 0 unspecified atom stereocenters. The molecule has 0 aromatic heterocycles. The van der Waals surface area contributed by atoms with Gasteiger partial charge in [0.1, 0.15) is 11.6 Å². The Hall–Kier alpha value is -1.90. The van der Waals surface area contributed by atoms with Crippen molar-refractivity contribution >= 4 is 5.69 Å². The molecule has 0 radical (unpaired) electrons. The summed E-state index contributed by atoms with van der Waals surface area (Å²) in [4.78, 5) is 0. The highest BCUT2D eigenvalue weighted by Gasteiger charge is 2.01. The average molecular weight is 247 g/mol. The van der Waals surface area contributed by atoms with Crippen molar-refractivity contribution in [3.05, 3.63) is 64.7 Å². The van der Waals surface area contributed by atoms with E-state index in [1.165, 1.54) is 24.3 Å². The SMILES string of the molecule is Cc1cc(F)cc(NCc2ccc(F)cc2C)c1. The number of rotatable bonds is 3. The van der Waals surface area contributed by atoms with Crippen molar-refractivity contribution in [3.8, 4) is 0 Å². The third-order valence-electron chi connectivity index (χ3n) is 2.83. The molecule has 0 heterocycles. The van der Waals surface area contributed by atoms with Crippen LogP contribution < -0.4 is 5.32 Å². The van der Waals surface area contributed by atoms with Gasteiger partial charge in [-0.05, 0) is 60.9 Å². The number of halogens is 2. The molecule has 0 fully saturated rings. The number of anilines is 1. The van der Waals surface area contributed by atoms with Crippen molar-refractivity contribution in [1.29, 1.82) is 0 Å². The zero-order valence-corrected chi connectivity index (χ0v) is 10.4. The lowest BCUT2D eigenvalue weighted by Gasteiger charge is -2.10. The number of benzene rings is 2. The Balaban J connectivity index is 2.11. The Kier molecular flexibility index (Phi) is 3.60. The van der Waals surface area contributed by atoms with Gasteiger partial charge in [0.2, 0.25) is 0 Å². The predicted molar refractivity (Wildman–Crippen MR) is 69.6 cm³/mol. The van der Waals surface area contributed by atoms with Crippen LogP contribution in [0.1, 0.15) is 16.7 Å². The van der Waals surface area contributed by atoms with Crippen LogP contribution in [0, 0.1) is 25.5 Å². The molecule has 0 bridgehead atoms. The largest absolute Gasteiger partial charge is 0.381 e. The lowest BCUT2D eigenvalue weighted by molar-refractivity contribution is 0.625. The van der Waals surface area contributed by atoms with Gasteiger partial charge in [0.15, 0.2) is 0 Å². The Labute approximate surface area is 105 Å². The van der Waals surface area contributed by atoms with Gasteiger partial charge in [-0.25, -0.2) is 8.78 Å². The normalized spacial score (nSPS) is 10.4. The molecular formula is C15H15F2N. The molecule has 0 saturated carbocycles. The fraction of sp³-hybridized carbons (Fsp3) is 0.200. The van der Waals surface area contributed by atoms with Gasteiger partial charge in [-0.3, -0.25) is 0 Å². The Bertz CT molecular complexity index is 544. The summed E-state index contributed by atoms with van der Waals surface area (Å²) in [7, 11) is 0. The van der Waals surface area contributed by atoms with E-state index >= 15 is 0 Å². The molecule has 0 saturated heterocycles. The van der Waals surface area contributed by atoms with Crippen molar-refractivity contribution in [2.75, 3.05) is 5.32 Å². The minimum absolute atomic E-state index is 0.238. The second kappa shape index (κ2) is 5.17. The Morgan fingerprint density at radius 1 is 0.944 bits per heavy atom. The van der Waals surface area contributed by atoms with E-state index in [4.69, 9.17) is 0 Å². The second-order valence-corrected chi connectivity index (χ2v) is 4.44. The lowest BCUT2D eigenvalue weighted by atomic mass is 10.1. The highest BCUT2D eigenvalue weighted by atomic mass is 19.1. The van der Waals surface area contributed by atoms with E-state index < -0.39 is 0 Å². The summed E-state index contributed by atoms with van der Waals surface area (Å²) >= 11 is 0. The maximum atomic E-state index is 13.2. The Morgan fingerprint density at radius 3 is 2.39 bits per heavy atom. The van der Waals surface area contributed by atoms with Crippen molar-refractivity contribution in [2.45, 2.75) is 20.4 Å². The molecule has 2 aromatic rings. The number of aryl methyl sites for hydroxylation is 2. The van der Waals surface area contributed by atoms with Crippen LogP contribution >= 0.6 is 0 Å². The van der Waals surface area contributed by atoms with Crippen LogP contribution in [0.25, 0.3) is 0 Å². The van der Waals surface area contributed by atoms with Crippen LogP contribution in [0.2, 0.25) is 0 Å². The van der Waals surface area contributed by atoms with Crippen LogP contribution in [0.15, 0.2) is 36.4 Å². The standard InChI is InChI=1S/C15H15F2N/c1-10-5-14(17)8-15(6-10)18-9-12-3-4-13(16)7-11(12)2/h3-8,18H,9H2,1-2H3. The maximum Gasteiger partial charge on any atom is 0.125 e. The molecular weight excluding hydrogens is 232 g/mol. The first-order chi connectivity index (χ1) is 8.54. The Morgan fingerprint density at radius 2 is 1.72 bits per heavy atom. The van der Waals surface area contributed by atoms with Gasteiger partial charge in [0.25, 0.3) is 0 Å². The molecule has 94 valence electrons. The van der Waals surface area contributed by atoms with E-state index in [1.807, 2.05) is 19.9 Å².